The zero-order valence-electron chi connectivity index (χ0n) is 14.3. The van der Waals surface area contributed by atoms with E-state index in [1.807, 2.05) is 41.8 Å². The Balaban J connectivity index is 1.86. The molecule has 0 aliphatic heterocycles. The maximum Gasteiger partial charge on any atom is 0.192 e. The van der Waals surface area contributed by atoms with Gasteiger partial charge in [-0.1, -0.05) is 71.9 Å². The Labute approximate surface area is 161 Å². The molecule has 1 aromatic heterocycles. The highest BCUT2D eigenvalue weighted by atomic mass is 35.5. The van der Waals surface area contributed by atoms with Gasteiger partial charge in [-0.25, -0.2) is 0 Å². The summed E-state index contributed by atoms with van der Waals surface area (Å²) in [5.41, 5.74) is 1.57. The summed E-state index contributed by atoms with van der Waals surface area (Å²) >= 11 is 7.38. The molecule has 26 heavy (non-hydrogen) atoms. The SMILES string of the molecule is C=CCn1c(SC(C)C(=O)c2cccc(Cl)c2)nnc1-c1ccccc1. The molecule has 1 unspecified atom stereocenters. The van der Waals surface area contributed by atoms with E-state index < -0.39 is 0 Å². The van der Waals surface area contributed by atoms with Gasteiger partial charge in [0.1, 0.15) is 0 Å². The van der Waals surface area contributed by atoms with Gasteiger partial charge in [0.25, 0.3) is 0 Å². The minimum absolute atomic E-state index is 0.00640. The molecular weight excluding hydrogens is 366 g/mol. The van der Waals surface area contributed by atoms with Crippen LogP contribution in [0.25, 0.3) is 11.4 Å². The van der Waals surface area contributed by atoms with E-state index in [0.717, 1.165) is 11.4 Å². The number of Topliss-reactive ketones (excluding diaryl/α,β-unsaturated/α-hetero) is 1. The summed E-state index contributed by atoms with van der Waals surface area (Å²) in [5, 5.41) is 9.53. The number of carbonyl (C=O) groups excluding carboxylic acids is 1. The molecule has 0 bridgehead atoms. The lowest BCUT2D eigenvalue weighted by Crippen LogP contribution is -2.14. The number of rotatable bonds is 7. The number of aromatic nitrogens is 3. The zero-order valence-corrected chi connectivity index (χ0v) is 15.9. The Morgan fingerprint density at radius 2 is 2.00 bits per heavy atom. The number of nitrogens with zero attached hydrogens (tertiary/aromatic N) is 3. The molecule has 0 aliphatic rings. The highest BCUT2D eigenvalue weighted by molar-refractivity contribution is 8.00. The van der Waals surface area contributed by atoms with Crippen LogP contribution < -0.4 is 0 Å². The van der Waals surface area contributed by atoms with Crippen LogP contribution in [0.1, 0.15) is 17.3 Å². The maximum atomic E-state index is 12.7. The van der Waals surface area contributed by atoms with Gasteiger partial charge in [-0.2, -0.15) is 0 Å². The highest BCUT2D eigenvalue weighted by Gasteiger charge is 2.21. The summed E-state index contributed by atoms with van der Waals surface area (Å²) < 4.78 is 1.97. The Hall–Kier alpha value is -2.37. The van der Waals surface area contributed by atoms with Crippen LogP contribution in [0.2, 0.25) is 5.02 Å². The first-order valence-corrected chi connectivity index (χ1v) is 9.42. The molecule has 0 saturated heterocycles. The topological polar surface area (TPSA) is 47.8 Å². The number of ketones is 1. The first kappa shape index (κ1) is 18.4. The third-order valence-electron chi connectivity index (χ3n) is 3.82. The molecule has 0 fully saturated rings. The van der Waals surface area contributed by atoms with Crippen molar-refractivity contribution in [1.82, 2.24) is 14.8 Å². The number of hydrogen-bond donors (Lipinski definition) is 0. The fraction of sp³-hybridized carbons (Fsp3) is 0.150. The lowest BCUT2D eigenvalue weighted by Gasteiger charge is -2.12. The molecule has 3 aromatic rings. The lowest BCUT2D eigenvalue weighted by molar-refractivity contribution is 0.0994. The normalized spacial score (nSPS) is 11.9. The smallest absolute Gasteiger partial charge is 0.192 e. The van der Waals surface area contributed by atoms with Gasteiger partial charge < -0.3 is 0 Å². The van der Waals surface area contributed by atoms with E-state index in [0.29, 0.717) is 22.3 Å². The predicted molar refractivity (Wildman–Crippen MR) is 107 cm³/mol. The number of allylic oxidation sites excluding steroid dienone is 1. The van der Waals surface area contributed by atoms with E-state index in [9.17, 15) is 4.79 Å². The number of halogens is 1. The van der Waals surface area contributed by atoms with Crippen molar-refractivity contribution in [3.05, 3.63) is 77.8 Å². The maximum absolute atomic E-state index is 12.7. The minimum atomic E-state index is -0.315. The molecule has 2 aromatic carbocycles. The van der Waals surface area contributed by atoms with E-state index in [1.54, 1.807) is 30.3 Å². The van der Waals surface area contributed by atoms with E-state index in [-0.39, 0.29) is 11.0 Å². The van der Waals surface area contributed by atoms with E-state index in [2.05, 4.69) is 16.8 Å². The number of thioether (sulfide) groups is 1. The van der Waals surface area contributed by atoms with Crippen molar-refractivity contribution in [2.75, 3.05) is 0 Å². The third-order valence-corrected chi connectivity index (χ3v) is 5.14. The van der Waals surface area contributed by atoms with Crippen molar-refractivity contribution >= 4 is 29.1 Å². The second kappa shape index (κ2) is 8.34. The van der Waals surface area contributed by atoms with Crippen LogP contribution in [-0.4, -0.2) is 25.8 Å². The number of hydrogen-bond acceptors (Lipinski definition) is 4. The van der Waals surface area contributed by atoms with E-state index in [1.165, 1.54) is 11.8 Å². The number of benzene rings is 2. The van der Waals surface area contributed by atoms with Crippen molar-refractivity contribution in [2.24, 2.45) is 0 Å². The Morgan fingerprint density at radius 1 is 1.23 bits per heavy atom. The molecule has 0 aliphatic carbocycles. The zero-order chi connectivity index (χ0) is 18.5. The molecule has 6 heteroatoms. The fourth-order valence-corrected chi connectivity index (χ4v) is 3.68. The summed E-state index contributed by atoms with van der Waals surface area (Å²) in [6.45, 7) is 6.25. The number of carbonyl (C=O) groups is 1. The monoisotopic (exact) mass is 383 g/mol. The molecule has 1 atom stereocenters. The van der Waals surface area contributed by atoms with Crippen LogP contribution in [0.5, 0.6) is 0 Å². The van der Waals surface area contributed by atoms with Gasteiger partial charge in [0, 0.05) is 22.7 Å². The Kier molecular flexibility index (Phi) is 5.91. The van der Waals surface area contributed by atoms with Gasteiger partial charge in [0.2, 0.25) is 0 Å². The average Bonchev–Trinajstić information content (AvgIpc) is 3.04. The van der Waals surface area contributed by atoms with E-state index >= 15 is 0 Å². The first-order chi connectivity index (χ1) is 12.6. The second-order valence-corrected chi connectivity index (χ2v) is 7.45. The van der Waals surface area contributed by atoms with Crippen LogP contribution in [0.4, 0.5) is 0 Å². The van der Waals surface area contributed by atoms with Gasteiger partial charge >= 0.3 is 0 Å². The molecule has 0 spiro atoms. The summed E-state index contributed by atoms with van der Waals surface area (Å²) in [4.78, 5) is 12.7. The molecule has 0 amide bonds. The largest absolute Gasteiger partial charge is 0.298 e. The standard InChI is InChI=1S/C20H18ClN3OS/c1-3-12-24-19(15-8-5-4-6-9-15)22-23-20(24)26-14(2)18(25)16-10-7-11-17(21)13-16/h3-11,13-14H,1,12H2,2H3. The van der Waals surface area contributed by atoms with Crippen molar-refractivity contribution < 1.29 is 4.79 Å². The molecule has 0 saturated carbocycles. The van der Waals surface area contributed by atoms with Gasteiger partial charge in [-0.05, 0) is 19.1 Å². The molecule has 4 nitrogen and oxygen atoms in total. The quantitative estimate of drug-likeness (QED) is 0.321. The third kappa shape index (κ3) is 4.06. The Bertz CT molecular complexity index is 924. The molecule has 1 heterocycles. The summed E-state index contributed by atoms with van der Waals surface area (Å²) in [6.07, 6.45) is 1.79. The van der Waals surface area contributed by atoms with Crippen LogP contribution in [0.3, 0.4) is 0 Å². The molecule has 3 rings (SSSR count). The predicted octanol–water partition coefficient (Wildman–Crippen LogP) is 5.15. The van der Waals surface area contributed by atoms with E-state index in [4.69, 9.17) is 11.6 Å². The minimum Gasteiger partial charge on any atom is -0.298 e. The summed E-state index contributed by atoms with van der Waals surface area (Å²) in [7, 11) is 0. The van der Waals surface area contributed by atoms with Crippen LogP contribution in [-0.2, 0) is 6.54 Å². The van der Waals surface area contributed by atoms with Crippen LogP contribution >= 0.6 is 23.4 Å². The van der Waals surface area contributed by atoms with Gasteiger partial charge in [0.05, 0.1) is 5.25 Å². The molecule has 132 valence electrons. The van der Waals surface area contributed by atoms with Crippen LogP contribution in [0, 0.1) is 0 Å². The van der Waals surface area contributed by atoms with Gasteiger partial charge in [0.15, 0.2) is 16.8 Å². The van der Waals surface area contributed by atoms with Crippen molar-refractivity contribution in [1.29, 1.82) is 0 Å². The fourth-order valence-electron chi connectivity index (χ4n) is 2.56. The van der Waals surface area contributed by atoms with Crippen LogP contribution in [0.15, 0.2) is 72.4 Å². The van der Waals surface area contributed by atoms with Gasteiger partial charge in [-0.3, -0.25) is 9.36 Å². The molecule has 0 radical (unpaired) electrons. The van der Waals surface area contributed by atoms with Crippen molar-refractivity contribution in [3.8, 4) is 11.4 Å². The molecule has 0 N–H and O–H groups in total. The van der Waals surface area contributed by atoms with Gasteiger partial charge in [-0.15, -0.1) is 16.8 Å². The van der Waals surface area contributed by atoms with Crippen molar-refractivity contribution in [3.63, 3.8) is 0 Å². The van der Waals surface area contributed by atoms with Crippen molar-refractivity contribution in [2.45, 2.75) is 23.9 Å². The summed E-state index contributed by atoms with van der Waals surface area (Å²) in [5.74, 6) is 0.766. The lowest BCUT2D eigenvalue weighted by atomic mass is 10.1. The average molecular weight is 384 g/mol. The molecular formula is C20H18ClN3OS. The first-order valence-electron chi connectivity index (χ1n) is 8.16. The Morgan fingerprint density at radius 3 is 2.69 bits per heavy atom. The highest BCUT2D eigenvalue weighted by Crippen LogP contribution is 2.28. The summed E-state index contributed by atoms with van der Waals surface area (Å²) in [6, 6.07) is 16.8. The second-order valence-electron chi connectivity index (χ2n) is 5.71.